The van der Waals surface area contributed by atoms with Gasteiger partial charge in [0.2, 0.25) is 0 Å². The van der Waals surface area contributed by atoms with E-state index in [1.807, 2.05) is 12.1 Å². The first-order chi connectivity index (χ1) is 11.1. The molecule has 1 rings (SSSR count). The molecule has 0 saturated heterocycles. The number of hydrogen-bond donors (Lipinski definition) is 1. The molecule has 0 aliphatic carbocycles. The smallest absolute Gasteiger partial charge is 0.310 e. The summed E-state index contributed by atoms with van der Waals surface area (Å²) >= 11 is 0. The third kappa shape index (κ3) is 5.64. The Morgan fingerprint density at radius 1 is 1.12 bits per heavy atom. The molecule has 0 bridgehead atoms. The van der Waals surface area contributed by atoms with Gasteiger partial charge in [-0.3, -0.25) is 9.59 Å². The zero-order valence-electron chi connectivity index (χ0n) is 15.5. The number of aliphatic hydroxyl groups excluding tert-OH is 1. The molecule has 1 aromatic rings. The number of rotatable bonds is 6. The first kappa shape index (κ1) is 20.2. The normalized spacial score (nSPS) is 14.0. The van der Waals surface area contributed by atoms with Crippen molar-refractivity contribution >= 4 is 11.9 Å². The number of amides is 1. The van der Waals surface area contributed by atoms with Crippen LogP contribution in [0.3, 0.4) is 0 Å². The van der Waals surface area contributed by atoms with E-state index in [0.29, 0.717) is 5.56 Å². The standard InChI is InChI=1S/C19H29NO4/c1-13(18(23)24-6)11-20(12-14(2)21)17(22)15-7-9-16(10-8-15)19(3,4)5/h7-10,13-14,21H,11-12H2,1-6H3. The van der Waals surface area contributed by atoms with Crippen LogP contribution >= 0.6 is 0 Å². The van der Waals surface area contributed by atoms with Gasteiger partial charge in [-0.25, -0.2) is 0 Å². The van der Waals surface area contributed by atoms with Gasteiger partial charge in [0.05, 0.1) is 19.1 Å². The van der Waals surface area contributed by atoms with E-state index in [2.05, 4.69) is 20.8 Å². The van der Waals surface area contributed by atoms with Gasteiger partial charge in [-0.05, 0) is 30.0 Å². The summed E-state index contributed by atoms with van der Waals surface area (Å²) in [7, 11) is 1.32. The Balaban J connectivity index is 2.97. The number of methoxy groups -OCH3 is 1. The van der Waals surface area contributed by atoms with Crippen LogP contribution in [-0.2, 0) is 14.9 Å². The summed E-state index contributed by atoms with van der Waals surface area (Å²) in [6.07, 6.45) is -0.673. The van der Waals surface area contributed by atoms with Crippen LogP contribution in [0.1, 0.15) is 50.5 Å². The highest BCUT2D eigenvalue weighted by Crippen LogP contribution is 2.22. The van der Waals surface area contributed by atoms with E-state index in [9.17, 15) is 14.7 Å². The molecule has 2 unspecified atom stereocenters. The molecule has 0 aliphatic rings. The molecule has 5 heteroatoms. The Labute approximate surface area is 144 Å². The second-order valence-corrected chi connectivity index (χ2v) is 7.31. The van der Waals surface area contributed by atoms with E-state index in [4.69, 9.17) is 4.74 Å². The molecule has 0 heterocycles. The quantitative estimate of drug-likeness (QED) is 0.812. The van der Waals surface area contributed by atoms with Crippen molar-refractivity contribution in [2.75, 3.05) is 20.2 Å². The van der Waals surface area contributed by atoms with E-state index in [1.165, 1.54) is 12.0 Å². The lowest BCUT2D eigenvalue weighted by Gasteiger charge is -2.27. The minimum Gasteiger partial charge on any atom is -0.469 e. The molecule has 0 aromatic heterocycles. The minimum atomic E-state index is -0.673. The highest BCUT2D eigenvalue weighted by molar-refractivity contribution is 5.94. The summed E-state index contributed by atoms with van der Waals surface area (Å²) < 4.78 is 4.72. The van der Waals surface area contributed by atoms with Crippen molar-refractivity contribution in [3.05, 3.63) is 35.4 Å². The lowest BCUT2D eigenvalue weighted by Crippen LogP contribution is -2.41. The van der Waals surface area contributed by atoms with Crippen LogP contribution < -0.4 is 0 Å². The van der Waals surface area contributed by atoms with Crippen molar-refractivity contribution in [1.29, 1.82) is 0 Å². The van der Waals surface area contributed by atoms with E-state index in [0.717, 1.165) is 5.56 Å². The molecule has 0 spiro atoms. The lowest BCUT2D eigenvalue weighted by molar-refractivity contribution is -0.145. The Kier molecular flexibility index (Phi) is 6.96. The second-order valence-electron chi connectivity index (χ2n) is 7.31. The van der Waals surface area contributed by atoms with E-state index in [-0.39, 0.29) is 30.4 Å². The summed E-state index contributed by atoms with van der Waals surface area (Å²) in [6.45, 7) is 10.0. The van der Waals surface area contributed by atoms with Crippen molar-refractivity contribution in [2.24, 2.45) is 5.92 Å². The van der Waals surface area contributed by atoms with Crippen LogP contribution in [0.5, 0.6) is 0 Å². The monoisotopic (exact) mass is 335 g/mol. The molecule has 1 N–H and O–H groups in total. The number of esters is 1. The predicted molar refractivity (Wildman–Crippen MR) is 93.9 cm³/mol. The number of aliphatic hydroxyl groups is 1. The number of carbonyl (C=O) groups is 2. The highest BCUT2D eigenvalue weighted by Gasteiger charge is 2.24. The molecule has 24 heavy (non-hydrogen) atoms. The molecule has 1 amide bonds. The van der Waals surface area contributed by atoms with Crippen molar-refractivity contribution < 1.29 is 19.4 Å². The molecule has 5 nitrogen and oxygen atoms in total. The average molecular weight is 335 g/mol. The number of hydrogen-bond acceptors (Lipinski definition) is 4. The van der Waals surface area contributed by atoms with Crippen molar-refractivity contribution in [1.82, 2.24) is 4.90 Å². The highest BCUT2D eigenvalue weighted by atomic mass is 16.5. The van der Waals surface area contributed by atoms with Crippen LogP contribution in [-0.4, -0.2) is 48.2 Å². The van der Waals surface area contributed by atoms with Gasteiger partial charge in [0.1, 0.15) is 0 Å². The summed E-state index contributed by atoms with van der Waals surface area (Å²) in [5.74, 6) is -1.03. The van der Waals surface area contributed by atoms with E-state index in [1.54, 1.807) is 26.0 Å². The fraction of sp³-hybridized carbons (Fsp3) is 0.579. The molecular formula is C19H29NO4. The number of carbonyl (C=O) groups excluding carboxylic acids is 2. The number of nitrogens with zero attached hydrogens (tertiary/aromatic N) is 1. The van der Waals surface area contributed by atoms with Gasteiger partial charge in [0.25, 0.3) is 5.91 Å². The number of benzene rings is 1. The van der Waals surface area contributed by atoms with Gasteiger partial charge in [-0.1, -0.05) is 39.8 Å². The van der Waals surface area contributed by atoms with Gasteiger partial charge < -0.3 is 14.7 Å². The van der Waals surface area contributed by atoms with E-state index >= 15 is 0 Å². The zero-order valence-corrected chi connectivity index (χ0v) is 15.5. The maximum atomic E-state index is 12.8. The SMILES string of the molecule is COC(=O)C(C)CN(CC(C)O)C(=O)c1ccc(C(C)(C)C)cc1. The number of ether oxygens (including phenoxy) is 1. The fourth-order valence-electron chi connectivity index (χ4n) is 2.46. The average Bonchev–Trinajstić information content (AvgIpc) is 2.51. The minimum absolute atomic E-state index is 0.0142. The maximum Gasteiger partial charge on any atom is 0.310 e. The Morgan fingerprint density at radius 2 is 1.67 bits per heavy atom. The Hall–Kier alpha value is -1.88. The summed E-state index contributed by atoms with van der Waals surface area (Å²) in [4.78, 5) is 25.9. The van der Waals surface area contributed by atoms with Gasteiger partial charge in [0, 0.05) is 18.7 Å². The molecule has 0 radical (unpaired) electrons. The molecule has 1 aromatic carbocycles. The molecule has 0 saturated carbocycles. The summed E-state index contributed by atoms with van der Waals surface area (Å²) in [6, 6.07) is 7.47. The predicted octanol–water partition coefficient (Wildman–Crippen LogP) is 2.62. The molecule has 134 valence electrons. The van der Waals surface area contributed by atoms with Crippen LogP contribution in [0.2, 0.25) is 0 Å². The Morgan fingerprint density at radius 3 is 2.08 bits per heavy atom. The first-order valence-corrected chi connectivity index (χ1v) is 8.22. The van der Waals surface area contributed by atoms with Crippen LogP contribution in [0, 0.1) is 5.92 Å². The topological polar surface area (TPSA) is 66.8 Å². The van der Waals surface area contributed by atoms with Gasteiger partial charge in [-0.2, -0.15) is 0 Å². The molecule has 2 atom stereocenters. The van der Waals surface area contributed by atoms with E-state index < -0.39 is 12.0 Å². The fourth-order valence-corrected chi connectivity index (χ4v) is 2.46. The zero-order chi connectivity index (χ0) is 18.5. The second kappa shape index (κ2) is 8.29. The van der Waals surface area contributed by atoms with Crippen LogP contribution in [0.25, 0.3) is 0 Å². The van der Waals surface area contributed by atoms with Crippen molar-refractivity contribution in [3.63, 3.8) is 0 Å². The van der Waals surface area contributed by atoms with Gasteiger partial charge >= 0.3 is 5.97 Å². The lowest BCUT2D eigenvalue weighted by atomic mass is 9.86. The third-order valence-corrected chi connectivity index (χ3v) is 3.87. The summed E-state index contributed by atoms with van der Waals surface area (Å²) in [5.41, 5.74) is 1.70. The van der Waals surface area contributed by atoms with Crippen molar-refractivity contribution in [3.8, 4) is 0 Å². The van der Waals surface area contributed by atoms with Crippen LogP contribution in [0.15, 0.2) is 24.3 Å². The van der Waals surface area contributed by atoms with Gasteiger partial charge in [0.15, 0.2) is 0 Å². The molecule has 0 fully saturated rings. The molecular weight excluding hydrogens is 306 g/mol. The first-order valence-electron chi connectivity index (χ1n) is 8.22. The third-order valence-electron chi connectivity index (χ3n) is 3.87. The van der Waals surface area contributed by atoms with Gasteiger partial charge in [-0.15, -0.1) is 0 Å². The maximum absolute atomic E-state index is 12.8. The Bertz CT molecular complexity index is 558. The van der Waals surface area contributed by atoms with Crippen molar-refractivity contribution in [2.45, 2.75) is 46.1 Å². The summed E-state index contributed by atoms with van der Waals surface area (Å²) in [5, 5.41) is 9.67. The van der Waals surface area contributed by atoms with Crippen LogP contribution in [0.4, 0.5) is 0 Å². The largest absolute Gasteiger partial charge is 0.469 e. The molecule has 0 aliphatic heterocycles.